The molecule has 5 nitrogen and oxygen atoms in total. The molecular weight excluding hydrogens is 336 g/mol. The third-order valence-electron chi connectivity index (χ3n) is 5.67. The molecule has 0 spiro atoms. The van der Waals surface area contributed by atoms with Gasteiger partial charge < -0.3 is 4.90 Å². The van der Waals surface area contributed by atoms with Crippen molar-refractivity contribution in [3.63, 3.8) is 0 Å². The fourth-order valence-corrected chi connectivity index (χ4v) is 5.62. The highest BCUT2D eigenvalue weighted by atomic mass is 32.2. The van der Waals surface area contributed by atoms with Gasteiger partial charge >= 0.3 is 0 Å². The lowest BCUT2D eigenvalue weighted by Crippen LogP contribution is -2.32. The standard InChI is InChI=1S/C19H24N2O3S/c1-21-17-11-10-15(25(23,24)20-14-8-4-5-9-14)12-16(17)18(19(21)22)13-6-2-3-7-13/h10-12,14,20H,2-9H2,1H3. The van der Waals surface area contributed by atoms with E-state index in [0.717, 1.165) is 68.2 Å². The minimum atomic E-state index is -3.55. The Bertz CT molecular complexity index is 843. The molecule has 0 radical (unpaired) electrons. The monoisotopic (exact) mass is 360 g/mol. The second-order valence-electron chi connectivity index (χ2n) is 7.33. The Hall–Kier alpha value is -1.66. The highest BCUT2D eigenvalue weighted by molar-refractivity contribution is 7.89. The highest BCUT2D eigenvalue weighted by Crippen LogP contribution is 2.42. The van der Waals surface area contributed by atoms with E-state index in [1.807, 2.05) is 0 Å². The number of benzene rings is 1. The first-order valence-electron chi connectivity index (χ1n) is 9.14. The molecule has 2 fully saturated rings. The van der Waals surface area contributed by atoms with E-state index < -0.39 is 10.0 Å². The number of allylic oxidation sites excluding steroid dienone is 1. The molecule has 0 aromatic heterocycles. The van der Waals surface area contributed by atoms with Gasteiger partial charge in [0.15, 0.2) is 0 Å². The number of likely N-dealkylation sites (N-methyl/N-ethyl adjacent to an activating group) is 1. The molecule has 1 heterocycles. The third-order valence-corrected chi connectivity index (χ3v) is 7.18. The molecule has 134 valence electrons. The summed E-state index contributed by atoms with van der Waals surface area (Å²) in [6.45, 7) is 0. The molecule has 1 aromatic rings. The Morgan fingerprint density at radius 1 is 1.08 bits per heavy atom. The van der Waals surface area contributed by atoms with Gasteiger partial charge in [0, 0.05) is 24.2 Å². The van der Waals surface area contributed by atoms with Crippen LogP contribution in [-0.2, 0) is 14.8 Å². The number of rotatable bonds is 3. The quantitative estimate of drug-likeness (QED) is 0.842. The topological polar surface area (TPSA) is 66.5 Å². The summed E-state index contributed by atoms with van der Waals surface area (Å²) < 4.78 is 28.3. The van der Waals surface area contributed by atoms with Gasteiger partial charge in [0.1, 0.15) is 0 Å². The van der Waals surface area contributed by atoms with Crippen molar-refractivity contribution in [1.29, 1.82) is 0 Å². The lowest BCUT2D eigenvalue weighted by Gasteiger charge is -2.14. The zero-order valence-electron chi connectivity index (χ0n) is 14.5. The SMILES string of the molecule is CN1C(=O)C(=C2CCCC2)c2cc(S(=O)(=O)NC3CCCC3)ccc21. The van der Waals surface area contributed by atoms with Crippen molar-refractivity contribution in [2.45, 2.75) is 62.3 Å². The van der Waals surface area contributed by atoms with Crippen LogP contribution in [0.3, 0.4) is 0 Å². The smallest absolute Gasteiger partial charge is 0.258 e. The molecule has 1 N–H and O–H groups in total. The minimum absolute atomic E-state index is 0.00907. The molecule has 0 unspecified atom stereocenters. The molecule has 1 aliphatic heterocycles. The van der Waals surface area contributed by atoms with Crippen LogP contribution in [0.2, 0.25) is 0 Å². The normalized spacial score (nSPS) is 21.5. The summed E-state index contributed by atoms with van der Waals surface area (Å²) >= 11 is 0. The number of amides is 1. The first-order chi connectivity index (χ1) is 12.0. The van der Waals surface area contributed by atoms with Crippen LogP contribution in [0.4, 0.5) is 5.69 Å². The van der Waals surface area contributed by atoms with E-state index in [2.05, 4.69) is 4.72 Å². The predicted molar refractivity (Wildman–Crippen MR) is 97.8 cm³/mol. The van der Waals surface area contributed by atoms with Gasteiger partial charge in [0.2, 0.25) is 10.0 Å². The Kier molecular flexibility index (Phi) is 4.20. The number of hydrogen-bond donors (Lipinski definition) is 1. The van der Waals surface area contributed by atoms with E-state index in [1.54, 1.807) is 30.1 Å². The van der Waals surface area contributed by atoms with Crippen LogP contribution in [-0.4, -0.2) is 27.4 Å². The van der Waals surface area contributed by atoms with E-state index in [9.17, 15) is 13.2 Å². The van der Waals surface area contributed by atoms with Crippen molar-refractivity contribution in [3.05, 3.63) is 29.3 Å². The van der Waals surface area contributed by atoms with Crippen LogP contribution in [0.1, 0.15) is 56.9 Å². The molecule has 0 atom stereocenters. The Morgan fingerprint density at radius 2 is 1.76 bits per heavy atom. The first kappa shape index (κ1) is 16.8. The minimum Gasteiger partial charge on any atom is -0.311 e. The van der Waals surface area contributed by atoms with Gasteiger partial charge in [-0.1, -0.05) is 18.4 Å². The van der Waals surface area contributed by atoms with Crippen LogP contribution in [0.5, 0.6) is 0 Å². The van der Waals surface area contributed by atoms with Gasteiger partial charge in [-0.05, 0) is 56.7 Å². The average molecular weight is 360 g/mol. The number of nitrogens with one attached hydrogen (secondary N) is 1. The molecule has 3 aliphatic rings. The zero-order chi connectivity index (χ0) is 17.6. The summed E-state index contributed by atoms with van der Waals surface area (Å²) in [6, 6.07) is 5.10. The van der Waals surface area contributed by atoms with Crippen molar-refractivity contribution in [2.75, 3.05) is 11.9 Å². The molecule has 2 aliphatic carbocycles. The van der Waals surface area contributed by atoms with Gasteiger partial charge in [-0.2, -0.15) is 0 Å². The molecule has 4 rings (SSSR count). The highest BCUT2D eigenvalue weighted by Gasteiger charge is 2.34. The van der Waals surface area contributed by atoms with Crippen molar-refractivity contribution < 1.29 is 13.2 Å². The number of nitrogens with zero attached hydrogens (tertiary/aromatic N) is 1. The second kappa shape index (κ2) is 6.25. The molecule has 0 saturated heterocycles. The molecule has 1 aromatic carbocycles. The summed E-state index contributed by atoms with van der Waals surface area (Å²) in [5.74, 6) is -0.00907. The van der Waals surface area contributed by atoms with E-state index in [4.69, 9.17) is 0 Å². The van der Waals surface area contributed by atoms with E-state index in [0.29, 0.717) is 0 Å². The Labute approximate surface area is 149 Å². The van der Waals surface area contributed by atoms with Crippen LogP contribution in [0.15, 0.2) is 28.7 Å². The number of sulfonamides is 1. The van der Waals surface area contributed by atoms with Gasteiger partial charge in [0.05, 0.1) is 10.6 Å². The van der Waals surface area contributed by atoms with Crippen LogP contribution in [0.25, 0.3) is 5.57 Å². The average Bonchev–Trinajstić information content (AvgIpc) is 3.31. The summed E-state index contributed by atoms with van der Waals surface area (Å²) in [5.41, 5.74) is 3.49. The molecule has 1 amide bonds. The van der Waals surface area contributed by atoms with Crippen molar-refractivity contribution >= 4 is 27.2 Å². The number of carbonyl (C=O) groups excluding carboxylic acids is 1. The van der Waals surface area contributed by atoms with E-state index >= 15 is 0 Å². The molecule has 2 saturated carbocycles. The van der Waals surface area contributed by atoms with Gasteiger partial charge in [-0.15, -0.1) is 0 Å². The van der Waals surface area contributed by atoms with Gasteiger partial charge in [-0.25, -0.2) is 13.1 Å². The maximum Gasteiger partial charge on any atom is 0.258 e. The lowest BCUT2D eigenvalue weighted by molar-refractivity contribution is -0.112. The molecular formula is C19H24N2O3S. The first-order valence-corrected chi connectivity index (χ1v) is 10.6. The van der Waals surface area contributed by atoms with Crippen molar-refractivity contribution in [3.8, 4) is 0 Å². The van der Waals surface area contributed by atoms with Crippen LogP contribution in [0, 0.1) is 0 Å². The number of hydrogen-bond acceptors (Lipinski definition) is 3. The summed E-state index contributed by atoms with van der Waals surface area (Å²) in [5, 5.41) is 0. The maximum absolute atomic E-state index is 12.8. The maximum atomic E-state index is 12.8. The predicted octanol–water partition coefficient (Wildman–Crippen LogP) is 3.21. The van der Waals surface area contributed by atoms with Gasteiger partial charge in [0.25, 0.3) is 5.91 Å². The summed E-state index contributed by atoms with van der Waals surface area (Å²) in [7, 11) is -1.79. The van der Waals surface area contributed by atoms with E-state index in [1.165, 1.54) is 5.57 Å². The molecule has 0 bridgehead atoms. The van der Waals surface area contributed by atoms with Crippen molar-refractivity contribution in [2.24, 2.45) is 0 Å². The fraction of sp³-hybridized carbons (Fsp3) is 0.526. The van der Waals surface area contributed by atoms with Crippen LogP contribution < -0.4 is 9.62 Å². The van der Waals surface area contributed by atoms with Gasteiger partial charge in [-0.3, -0.25) is 4.79 Å². The largest absolute Gasteiger partial charge is 0.311 e. The number of anilines is 1. The third kappa shape index (κ3) is 2.91. The fourth-order valence-electron chi connectivity index (χ4n) is 4.29. The summed E-state index contributed by atoms with van der Waals surface area (Å²) in [6.07, 6.45) is 8.04. The lowest BCUT2D eigenvalue weighted by atomic mass is 10.00. The Balaban J connectivity index is 1.74. The Morgan fingerprint density at radius 3 is 2.44 bits per heavy atom. The number of carbonyl (C=O) groups is 1. The van der Waals surface area contributed by atoms with Crippen LogP contribution >= 0.6 is 0 Å². The number of fused-ring (bicyclic) bond motifs is 1. The van der Waals surface area contributed by atoms with Crippen molar-refractivity contribution in [1.82, 2.24) is 4.72 Å². The second-order valence-corrected chi connectivity index (χ2v) is 9.05. The van der Waals surface area contributed by atoms with E-state index in [-0.39, 0.29) is 16.8 Å². The molecule has 6 heteroatoms. The zero-order valence-corrected chi connectivity index (χ0v) is 15.4. The summed E-state index contributed by atoms with van der Waals surface area (Å²) in [4.78, 5) is 14.6. The molecule has 25 heavy (non-hydrogen) atoms.